The monoisotopic (exact) mass is 316 g/mol. The number of aromatic nitrogens is 1. The number of rotatable bonds is 3. The van der Waals surface area contributed by atoms with Crippen LogP contribution in [-0.2, 0) is 15.0 Å². The molecule has 2 heterocycles. The molecule has 0 spiro atoms. The average molecular weight is 316 g/mol. The number of imide groups is 1. The first-order valence-corrected chi connectivity index (χ1v) is 7.83. The van der Waals surface area contributed by atoms with Gasteiger partial charge in [-0.15, -0.1) is 0 Å². The van der Waals surface area contributed by atoms with Gasteiger partial charge in [-0.2, -0.15) is 0 Å². The normalized spacial score (nSPS) is 19.2. The smallest absolute Gasteiger partial charge is 0.407 e. The number of para-hydroxylation sites is 1. The van der Waals surface area contributed by atoms with Crippen molar-refractivity contribution in [1.82, 2.24) is 9.88 Å². The van der Waals surface area contributed by atoms with Gasteiger partial charge in [0.1, 0.15) is 6.04 Å². The summed E-state index contributed by atoms with van der Waals surface area (Å²) in [6, 6.07) is 4.89. The molecule has 0 radical (unpaired) electrons. The number of hydrogen-bond acceptors (Lipinski definition) is 4. The molecular formula is C17H20N2O4. The highest BCUT2D eigenvalue weighted by Gasteiger charge is 2.32. The van der Waals surface area contributed by atoms with Crippen LogP contribution < -0.4 is 11.1 Å². The fourth-order valence-electron chi connectivity index (χ4n) is 3.00. The Bertz CT molecular complexity index is 844. The van der Waals surface area contributed by atoms with Crippen LogP contribution in [0.4, 0.5) is 0 Å². The number of nitrogens with zero attached hydrogens (tertiary/aromatic N) is 1. The van der Waals surface area contributed by atoms with Gasteiger partial charge in [-0.25, -0.2) is 4.79 Å². The predicted octanol–water partition coefficient (Wildman–Crippen LogP) is 2.26. The summed E-state index contributed by atoms with van der Waals surface area (Å²) in [5.74, 6) is -1.32. The van der Waals surface area contributed by atoms with Gasteiger partial charge in [0, 0.05) is 12.0 Å². The zero-order chi connectivity index (χ0) is 16.8. The lowest BCUT2D eigenvalue weighted by molar-refractivity contribution is -0.135. The summed E-state index contributed by atoms with van der Waals surface area (Å²) in [6.07, 6.45) is 1.41. The number of fused-ring (bicyclic) bond motifs is 1. The number of carbonyl (C=O) groups excluding carboxylic acids is 2. The molecule has 1 atom stereocenters. The lowest BCUT2D eigenvalue weighted by Gasteiger charge is -2.24. The summed E-state index contributed by atoms with van der Waals surface area (Å²) in [6.45, 7) is 6.25. The van der Waals surface area contributed by atoms with Gasteiger partial charge < -0.3 is 4.42 Å². The van der Waals surface area contributed by atoms with Gasteiger partial charge in [0.15, 0.2) is 5.58 Å². The molecule has 1 N–H and O–H groups in total. The molecule has 6 heteroatoms. The van der Waals surface area contributed by atoms with Crippen LogP contribution in [-0.4, -0.2) is 16.4 Å². The van der Waals surface area contributed by atoms with Crippen molar-refractivity contribution in [2.75, 3.05) is 0 Å². The molecule has 23 heavy (non-hydrogen) atoms. The van der Waals surface area contributed by atoms with Crippen LogP contribution in [0.5, 0.6) is 0 Å². The standard InChI is InChI=1S/C17H20N2O4/c1-4-17(2,3)10-6-5-7-11-14(10)23-16(22)19(11)12-8-9-13(20)18-15(12)21/h5-7,12H,4,8-9H2,1-3H3,(H,18,20,21). The van der Waals surface area contributed by atoms with E-state index >= 15 is 0 Å². The quantitative estimate of drug-likeness (QED) is 0.881. The molecular weight excluding hydrogens is 296 g/mol. The molecule has 1 fully saturated rings. The number of nitrogens with one attached hydrogen (secondary N) is 1. The molecule has 1 aliphatic rings. The van der Waals surface area contributed by atoms with Gasteiger partial charge >= 0.3 is 5.76 Å². The Kier molecular flexibility index (Phi) is 3.62. The van der Waals surface area contributed by atoms with E-state index in [-0.39, 0.29) is 17.7 Å². The lowest BCUT2D eigenvalue weighted by Crippen LogP contribution is -2.43. The maximum Gasteiger partial charge on any atom is 0.420 e. The fraction of sp³-hybridized carbons (Fsp3) is 0.471. The molecule has 6 nitrogen and oxygen atoms in total. The van der Waals surface area contributed by atoms with Crippen LogP contribution in [0.15, 0.2) is 27.4 Å². The topological polar surface area (TPSA) is 81.3 Å². The maximum atomic E-state index is 12.4. The van der Waals surface area contributed by atoms with Crippen molar-refractivity contribution in [2.45, 2.75) is 51.5 Å². The number of piperidine rings is 1. The van der Waals surface area contributed by atoms with E-state index in [2.05, 4.69) is 26.1 Å². The Morgan fingerprint density at radius 1 is 1.30 bits per heavy atom. The first-order chi connectivity index (χ1) is 10.8. The van der Waals surface area contributed by atoms with Crippen LogP contribution in [0.1, 0.15) is 51.6 Å². The third-order valence-corrected chi connectivity index (χ3v) is 4.77. The Labute approximate surface area is 133 Å². The van der Waals surface area contributed by atoms with Crippen molar-refractivity contribution < 1.29 is 14.0 Å². The van der Waals surface area contributed by atoms with Gasteiger partial charge in [0.2, 0.25) is 11.8 Å². The average Bonchev–Trinajstić information content (AvgIpc) is 2.83. The van der Waals surface area contributed by atoms with Gasteiger partial charge in [-0.1, -0.05) is 32.9 Å². The Morgan fingerprint density at radius 3 is 2.70 bits per heavy atom. The van der Waals surface area contributed by atoms with Gasteiger partial charge in [0.25, 0.3) is 0 Å². The van der Waals surface area contributed by atoms with Gasteiger partial charge in [-0.3, -0.25) is 19.5 Å². The SMILES string of the molecule is CCC(C)(C)c1cccc2c1oc(=O)n2C1CCC(=O)NC1=O. The molecule has 0 bridgehead atoms. The first kappa shape index (κ1) is 15.5. The summed E-state index contributed by atoms with van der Waals surface area (Å²) in [5.41, 5.74) is 1.92. The summed E-state index contributed by atoms with van der Waals surface area (Å²) >= 11 is 0. The predicted molar refractivity (Wildman–Crippen MR) is 85.2 cm³/mol. The van der Waals surface area contributed by atoms with Crippen molar-refractivity contribution in [3.8, 4) is 0 Å². The molecule has 1 saturated heterocycles. The van der Waals surface area contributed by atoms with Crippen LogP contribution in [0, 0.1) is 0 Å². The van der Waals surface area contributed by atoms with E-state index in [4.69, 9.17) is 4.42 Å². The van der Waals surface area contributed by atoms with E-state index in [0.717, 1.165) is 12.0 Å². The zero-order valence-electron chi connectivity index (χ0n) is 13.5. The van der Waals surface area contributed by atoms with Gasteiger partial charge in [-0.05, 0) is 24.3 Å². The van der Waals surface area contributed by atoms with Crippen molar-refractivity contribution >= 4 is 22.9 Å². The maximum absolute atomic E-state index is 12.4. The third kappa shape index (κ3) is 2.48. The van der Waals surface area contributed by atoms with Crippen molar-refractivity contribution in [2.24, 2.45) is 0 Å². The molecule has 1 aliphatic heterocycles. The van der Waals surface area contributed by atoms with Crippen LogP contribution in [0.25, 0.3) is 11.1 Å². The van der Waals surface area contributed by atoms with E-state index in [9.17, 15) is 14.4 Å². The Morgan fingerprint density at radius 2 is 2.04 bits per heavy atom. The number of hydrogen-bond donors (Lipinski definition) is 1. The summed E-state index contributed by atoms with van der Waals surface area (Å²) in [7, 11) is 0. The summed E-state index contributed by atoms with van der Waals surface area (Å²) < 4.78 is 6.86. The molecule has 0 aliphatic carbocycles. The Hall–Kier alpha value is -2.37. The molecule has 1 aromatic carbocycles. The van der Waals surface area contributed by atoms with Crippen molar-refractivity contribution in [3.05, 3.63) is 34.3 Å². The number of carbonyl (C=O) groups is 2. The van der Waals surface area contributed by atoms with E-state index in [1.807, 2.05) is 12.1 Å². The van der Waals surface area contributed by atoms with Crippen LogP contribution in [0.3, 0.4) is 0 Å². The molecule has 3 rings (SSSR count). The largest absolute Gasteiger partial charge is 0.420 e. The highest BCUT2D eigenvalue weighted by atomic mass is 16.4. The minimum atomic E-state index is -0.707. The van der Waals surface area contributed by atoms with E-state index in [1.165, 1.54) is 4.57 Å². The molecule has 1 unspecified atom stereocenters. The molecule has 1 aromatic heterocycles. The van der Waals surface area contributed by atoms with E-state index in [1.54, 1.807) is 6.07 Å². The van der Waals surface area contributed by atoms with E-state index in [0.29, 0.717) is 17.5 Å². The third-order valence-electron chi connectivity index (χ3n) is 4.77. The minimum absolute atomic E-state index is 0.146. The molecule has 122 valence electrons. The van der Waals surface area contributed by atoms with Crippen molar-refractivity contribution in [3.63, 3.8) is 0 Å². The zero-order valence-corrected chi connectivity index (χ0v) is 13.5. The van der Waals surface area contributed by atoms with Crippen molar-refractivity contribution in [1.29, 1.82) is 0 Å². The second-order valence-electron chi connectivity index (χ2n) is 6.60. The van der Waals surface area contributed by atoms with Gasteiger partial charge in [0.05, 0.1) is 5.52 Å². The molecule has 2 aromatic rings. The van der Waals surface area contributed by atoms with Crippen LogP contribution >= 0.6 is 0 Å². The lowest BCUT2D eigenvalue weighted by atomic mass is 9.82. The Balaban J connectivity index is 2.19. The fourth-order valence-corrected chi connectivity index (χ4v) is 3.00. The summed E-state index contributed by atoms with van der Waals surface area (Å²) in [5, 5.41) is 2.29. The summed E-state index contributed by atoms with van der Waals surface area (Å²) in [4.78, 5) is 35.8. The highest BCUT2D eigenvalue weighted by Crippen LogP contribution is 2.33. The number of amides is 2. The second-order valence-corrected chi connectivity index (χ2v) is 6.60. The second kappa shape index (κ2) is 5.37. The highest BCUT2D eigenvalue weighted by molar-refractivity contribution is 6.00. The molecule has 2 amide bonds. The number of oxazole rings is 1. The minimum Gasteiger partial charge on any atom is -0.407 e. The van der Waals surface area contributed by atoms with E-state index < -0.39 is 17.7 Å². The molecule has 0 saturated carbocycles. The first-order valence-electron chi connectivity index (χ1n) is 7.83. The number of benzene rings is 1. The van der Waals surface area contributed by atoms with Crippen LogP contribution in [0.2, 0.25) is 0 Å².